The van der Waals surface area contributed by atoms with E-state index >= 15 is 0 Å². The van der Waals surface area contributed by atoms with Crippen LogP contribution in [0.2, 0.25) is 0 Å². The molecule has 11 heavy (non-hydrogen) atoms. The molecule has 64 valence electrons. The zero-order chi connectivity index (χ0) is 8.22. The lowest BCUT2D eigenvalue weighted by atomic mass is 9.44. The van der Waals surface area contributed by atoms with Gasteiger partial charge in [0.2, 0.25) is 0 Å². The molecule has 0 heteroatoms. The second-order valence-electron chi connectivity index (χ2n) is 5.43. The van der Waals surface area contributed by atoms with Gasteiger partial charge in [0.05, 0.1) is 0 Å². The molecule has 0 unspecified atom stereocenters. The van der Waals surface area contributed by atoms with Gasteiger partial charge in [-0.15, -0.1) is 0 Å². The van der Waals surface area contributed by atoms with E-state index in [1.807, 2.05) is 0 Å². The molecule has 0 aliphatic heterocycles. The molecule has 0 amide bonds. The van der Waals surface area contributed by atoms with Crippen molar-refractivity contribution in [2.45, 2.75) is 40.5 Å². The zero-order valence-electron chi connectivity index (χ0n) is 8.22. The van der Waals surface area contributed by atoms with Gasteiger partial charge in [-0.2, -0.15) is 0 Å². The summed E-state index contributed by atoms with van der Waals surface area (Å²) in [7, 11) is 0. The molecular weight excluding hydrogens is 132 g/mol. The topological polar surface area (TPSA) is 0 Å². The van der Waals surface area contributed by atoms with E-state index in [1.54, 1.807) is 0 Å². The highest BCUT2D eigenvalue weighted by Gasteiger charge is 2.54. The van der Waals surface area contributed by atoms with Gasteiger partial charge in [-0.05, 0) is 41.9 Å². The maximum Gasteiger partial charge on any atom is -0.0295 e. The van der Waals surface area contributed by atoms with Crippen molar-refractivity contribution in [1.82, 2.24) is 0 Å². The fourth-order valence-electron chi connectivity index (χ4n) is 3.41. The maximum atomic E-state index is 2.47. The van der Waals surface area contributed by atoms with Crippen molar-refractivity contribution >= 4 is 0 Å². The highest BCUT2D eigenvalue weighted by atomic mass is 14.6. The lowest BCUT2D eigenvalue weighted by Crippen LogP contribution is -2.54. The Hall–Kier alpha value is 0. The minimum absolute atomic E-state index is 0.686. The van der Waals surface area contributed by atoms with E-state index < -0.39 is 0 Å². The summed E-state index contributed by atoms with van der Waals surface area (Å²) in [5, 5.41) is 0. The number of fused-ring (bicyclic) bond motifs is 2. The van der Waals surface area contributed by atoms with Crippen LogP contribution in [0.3, 0.4) is 0 Å². The molecule has 0 nitrogen and oxygen atoms in total. The third-order valence-electron chi connectivity index (χ3n) is 4.73. The van der Waals surface area contributed by atoms with Crippen LogP contribution in [0.1, 0.15) is 40.5 Å². The van der Waals surface area contributed by atoms with E-state index in [2.05, 4.69) is 27.7 Å². The Bertz CT molecular complexity index is 169. The summed E-state index contributed by atoms with van der Waals surface area (Å²) in [5.41, 5.74) is 0.686. The Morgan fingerprint density at radius 2 is 1.73 bits per heavy atom. The van der Waals surface area contributed by atoms with E-state index in [-0.39, 0.29) is 0 Å². The largest absolute Gasteiger partial charge is 0.0622 e. The van der Waals surface area contributed by atoms with Gasteiger partial charge in [-0.1, -0.05) is 27.7 Å². The van der Waals surface area contributed by atoms with Crippen LogP contribution in [0.4, 0.5) is 0 Å². The van der Waals surface area contributed by atoms with Gasteiger partial charge in [0, 0.05) is 0 Å². The fourth-order valence-corrected chi connectivity index (χ4v) is 3.41. The molecule has 4 atom stereocenters. The summed E-state index contributed by atoms with van der Waals surface area (Å²) in [6, 6.07) is 0. The Morgan fingerprint density at radius 1 is 1.09 bits per heavy atom. The molecule has 3 saturated carbocycles. The molecule has 0 aromatic heterocycles. The standard InChI is InChI=1S/C11H20/c1-7-5-9-6-10(8(7)2)11(9,3)4/h7-10H,5-6H2,1-4H3/t7-,8+,9-,10-/m1/s1. The monoisotopic (exact) mass is 152 g/mol. The second kappa shape index (κ2) is 2.02. The normalized spacial score (nSPS) is 53.5. The lowest BCUT2D eigenvalue weighted by molar-refractivity contribution is -0.124. The predicted molar refractivity (Wildman–Crippen MR) is 48.3 cm³/mol. The summed E-state index contributed by atoms with van der Waals surface area (Å²) in [5.74, 6) is 4.07. The molecule has 3 rings (SSSR count). The molecule has 0 radical (unpaired) electrons. The molecule has 0 aromatic carbocycles. The first-order valence-corrected chi connectivity index (χ1v) is 5.03. The Morgan fingerprint density at radius 3 is 2.09 bits per heavy atom. The van der Waals surface area contributed by atoms with E-state index in [0.29, 0.717) is 5.41 Å². The molecule has 2 bridgehead atoms. The summed E-state index contributed by atoms with van der Waals surface area (Å²) in [4.78, 5) is 0. The van der Waals surface area contributed by atoms with Crippen molar-refractivity contribution in [3.63, 3.8) is 0 Å². The SMILES string of the molecule is C[C@H]1[C@H](C)C[C@@H]2C[C@H]1C2(C)C. The fraction of sp³-hybridized carbons (Fsp3) is 1.00. The van der Waals surface area contributed by atoms with Crippen molar-refractivity contribution in [2.24, 2.45) is 29.1 Å². The quantitative estimate of drug-likeness (QED) is 0.499. The Balaban J connectivity index is 2.17. The van der Waals surface area contributed by atoms with Crippen LogP contribution in [0.25, 0.3) is 0 Å². The number of hydrogen-bond donors (Lipinski definition) is 0. The van der Waals surface area contributed by atoms with Gasteiger partial charge >= 0.3 is 0 Å². The van der Waals surface area contributed by atoms with E-state index in [1.165, 1.54) is 12.8 Å². The highest BCUT2D eigenvalue weighted by molar-refractivity contribution is 5.03. The van der Waals surface area contributed by atoms with Crippen LogP contribution < -0.4 is 0 Å². The van der Waals surface area contributed by atoms with Crippen LogP contribution in [-0.4, -0.2) is 0 Å². The second-order valence-corrected chi connectivity index (χ2v) is 5.43. The van der Waals surface area contributed by atoms with E-state index in [0.717, 1.165) is 23.7 Å². The first kappa shape index (κ1) is 7.64. The van der Waals surface area contributed by atoms with Gasteiger partial charge in [-0.25, -0.2) is 0 Å². The summed E-state index contributed by atoms with van der Waals surface area (Å²) in [6.07, 6.45) is 3.02. The van der Waals surface area contributed by atoms with Crippen LogP contribution in [0, 0.1) is 29.1 Å². The van der Waals surface area contributed by atoms with Crippen molar-refractivity contribution in [2.75, 3.05) is 0 Å². The minimum atomic E-state index is 0.686. The van der Waals surface area contributed by atoms with Gasteiger partial charge in [0.25, 0.3) is 0 Å². The van der Waals surface area contributed by atoms with Crippen LogP contribution in [0.15, 0.2) is 0 Å². The average molecular weight is 152 g/mol. The molecule has 3 aliphatic carbocycles. The average Bonchev–Trinajstić information content (AvgIpc) is 1.93. The number of hydrogen-bond acceptors (Lipinski definition) is 0. The molecule has 0 saturated heterocycles. The zero-order valence-corrected chi connectivity index (χ0v) is 8.22. The molecule has 0 heterocycles. The van der Waals surface area contributed by atoms with Crippen LogP contribution in [-0.2, 0) is 0 Å². The smallest absolute Gasteiger partial charge is 0.0295 e. The number of rotatable bonds is 0. The van der Waals surface area contributed by atoms with Gasteiger partial charge in [0.15, 0.2) is 0 Å². The molecule has 0 spiro atoms. The highest BCUT2D eigenvalue weighted by Crippen LogP contribution is 2.62. The van der Waals surface area contributed by atoms with Crippen molar-refractivity contribution in [1.29, 1.82) is 0 Å². The van der Waals surface area contributed by atoms with E-state index in [4.69, 9.17) is 0 Å². The predicted octanol–water partition coefficient (Wildman–Crippen LogP) is 3.32. The molecule has 0 N–H and O–H groups in total. The first-order chi connectivity index (χ1) is 5.03. The van der Waals surface area contributed by atoms with Crippen LogP contribution >= 0.6 is 0 Å². The van der Waals surface area contributed by atoms with Gasteiger partial charge < -0.3 is 0 Å². The van der Waals surface area contributed by atoms with Crippen molar-refractivity contribution in [3.05, 3.63) is 0 Å². The third-order valence-corrected chi connectivity index (χ3v) is 4.73. The van der Waals surface area contributed by atoms with Crippen molar-refractivity contribution in [3.8, 4) is 0 Å². The lowest BCUT2D eigenvalue weighted by Gasteiger charge is -2.61. The minimum Gasteiger partial charge on any atom is -0.0622 e. The first-order valence-electron chi connectivity index (χ1n) is 5.03. The summed E-state index contributed by atoms with van der Waals surface area (Å²) < 4.78 is 0. The third kappa shape index (κ3) is 0.816. The molecular formula is C11H20. The van der Waals surface area contributed by atoms with Crippen molar-refractivity contribution < 1.29 is 0 Å². The van der Waals surface area contributed by atoms with Crippen LogP contribution in [0.5, 0.6) is 0 Å². The maximum absolute atomic E-state index is 2.47. The Labute approximate surface area is 70.4 Å². The van der Waals surface area contributed by atoms with Gasteiger partial charge in [0.1, 0.15) is 0 Å². The molecule has 3 fully saturated rings. The summed E-state index contributed by atoms with van der Waals surface area (Å²) >= 11 is 0. The molecule has 0 aromatic rings. The van der Waals surface area contributed by atoms with Gasteiger partial charge in [-0.3, -0.25) is 0 Å². The summed E-state index contributed by atoms with van der Waals surface area (Å²) in [6.45, 7) is 9.81. The molecule has 3 aliphatic rings. The van der Waals surface area contributed by atoms with E-state index in [9.17, 15) is 0 Å². The Kier molecular flexibility index (Phi) is 1.41.